The van der Waals surface area contributed by atoms with Gasteiger partial charge in [-0.05, 0) is 18.2 Å². The van der Waals surface area contributed by atoms with E-state index in [1.54, 1.807) is 0 Å². The van der Waals surface area contributed by atoms with Crippen LogP contribution >= 0.6 is 13.5 Å². The summed E-state index contributed by atoms with van der Waals surface area (Å²) in [4.78, 5) is 20.8. The number of benzene rings is 1. The Balaban J connectivity index is -0.000000480. The summed E-state index contributed by atoms with van der Waals surface area (Å²) < 4.78 is 0. The van der Waals surface area contributed by atoms with Crippen LogP contribution < -0.4 is 0 Å². The number of hydrogen-bond acceptors (Lipinski definition) is 2. The zero-order valence-electron chi connectivity index (χ0n) is 7.02. The van der Waals surface area contributed by atoms with E-state index in [2.05, 4.69) is 0 Å². The Morgan fingerprint density at radius 2 is 1.33 bits per heavy atom. The summed E-state index contributed by atoms with van der Waals surface area (Å²) in [5.74, 6) is -2.25. The maximum absolute atomic E-state index is 10.4. The van der Waals surface area contributed by atoms with Crippen molar-refractivity contribution in [3.8, 4) is 0 Å². The van der Waals surface area contributed by atoms with Crippen LogP contribution in [0.4, 0.5) is 0 Å². The number of carboxylic acids is 2. The molecule has 1 aromatic rings. The minimum absolute atomic E-state index is 0. The fourth-order valence-corrected chi connectivity index (χ4v) is 0.785. The molecule has 1 aromatic carbocycles. The van der Waals surface area contributed by atoms with E-state index in [4.69, 9.17) is 10.2 Å². The van der Waals surface area contributed by atoms with Gasteiger partial charge in [-0.3, -0.25) is 0 Å². The van der Waals surface area contributed by atoms with Crippen molar-refractivity contribution < 1.29 is 25.3 Å². The first kappa shape index (κ1) is 20.0. The molecule has 0 aromatic heterocycles. The summed E-state index contributed by atoms with van der Waals surface area (Å²) in [7, 11) is 0. The quantitative estimate of drug-likeness (QED) is 0.695. The predicted molar refractivity (Wildman–Crippen MR) is 61.5 cm³/mol. The number of carbonyl (C=O) groups is 2. The molecule has 0 aliphatic heterocycles. The Morgan fingerprint density at radius 3 is 1.60 bits per heavy atom. The molecule has 0 amide bonds. The van der Waals surface area contributed by atoms with E-state index in [0.717, 1.165) is 6.07 Å². The monoisotopic (exact) mass is 242 g/mol. The van der Waals surface area contributed by atoms with Crippen LogP contribution in [0.2, 0.25) is 0 Å². The van der Waals surface area contributed by atoms with Crippen molar-refractivity contribution >= 4 is 55.0 Å². The Hall–Kier alpha value is -0.530. The third-order valence-electron chi connectivity index (χ3n) is 1.36. The van der Waals surface area contributed by atoms with Crippen molar-refractivity contribution in [1.82, 2.24) is 0 Å². The van der Waals surface area contributed by atoms with E-state index >= 15 is 0 Å². The van der Waals surface area contributed by atoms with Gasteiger partial charge >= 0.3 is 41.5 Å². The molecule has 0 radical (unpaired) electrons. The van der Waals surface area contributed by atoms with Gasteiger partial charge in [0.05, 0.1) is 11.1 Å². The van der Waals surface area contributed by atoms with Gasteiger partial charge in [-0.1, -0.05) is 6.07 Å². The number of hydrogen-bond donors (Lipinski definition) is 2. The van der Waals surface area contributed by atoms with E-state index in [0.29, 0.717) is 0 Å². The Kier molecular flexibility index (Phi) is 11.6. The molecule has 0 saturated carbocycles. The molecule has 0 aliphatic rings. The SMILES string of the molecule is O.O=C(O)c1cccc(C(=O)O)c1.S.[NaH]. The van der Waals surface area contributed by atoms with Gasteiger partial charge in [0, 0.05) is 0 Å². The van der Waals surface area contributed by atoms with E-state index in [1.807, 2.05) is 0 Å². The van der Waals surface area contributed by atoms with Gasteiger partial charge in [-0.25, -0.2) is 9.59 Å². The van der Waals surface area contributed by atoms with Crippen molar-refractivity contribution in [2.45, 2.75) is 0 Å². The molecular formula is C8H11NaO5S. The van der Waals surface area contributed by atoms with Gasteiger partial charge in [-0.15, -0.1) is 0 Å². The van der Waals surface area contributed by atoms with Crippen LogP contribution in [-0.4, -0.2) is 57.2 Å². The summed E-state index contributed by atoms with van der Waals surface area (Å²) >= 11 is 0. The van der Waals surface area contributed by atoms with E-state index < -0.39 is 11.9 Å². The number of aromatic carboxylic acids is 2. The number of rotatable bonds is 2. The zero-order chi connectivity index (χ0) is 9.14. The Morgan fingerprint density at radius 1 is 1.00 bits per heavy atom. The first-order valence-corrected chi connectivity index (χ1v) is 3.18. The summed E-state index contributed by atoms with van der Waals surface area (Å²) in [5.41, 5.74) is -0.0372. The molecule has 0 unspecified atom stereocenters. The van der Waals surface area contributed by atoms with E-state index in [9.17, 15) is 9.59 Å². The fraction of sp³-hybridized carbons (Fsp3) is 0. The van der Waals surface area contributed by atoms with E-state index in [-0.39, 0.29) is 59.7 Å². The van der Waals surface area contributed by atoms with Gasteiger partial charge in [-0.2, -0.15) is 13.5 Å². The third-order valence-corrected chi connectivity index (χ3v) is 1.36. The molecule has 0 aliphatic carbocycles. The first-order chi connectivity index (χ1) is 5.61. The van der Waals surface area contributed by atoms with Crippen LogP contribution in [0.3, 0.4) is 0 Å². The molecule has 1 rings (SSSR count). The minimum atomic E-state index is -1.13. The molecule has 0 heterocycles. The standard InChI is InChI=1S/C8H6O4.Na.H2O.H2S.H/c9-7(10)5-2-1-3-6(4-5)8(11)12;;;;/h1-4H,(H,9,10)(H,11,12);;2*1H2;. The molecule has 7 heteroatoms. The van der Waals surface area contributed by atoms with Crippen molar-refractivity contribution in [3.63, 3.8) is 0 Å². The summed E-state index contributed by atoms with van der Waals surface area (Å²) in [6.45, 7) is 0. The van der Waals surface area contributed by atoms with Crippen LogP contribution in [0.25, 0.3) is 0 Å². The van der Waals surface area contributed by atoms with Gasteiger partial charge in [0.1, 0.15) is 0 Å². The summed E-state index contributed by atoms with van der Waals surface area (Å²) in [6.07, 6.45) is 0. The average molecular weight is 242 g/mol. The van der Waals surface area contributed by atoms with Crippen molar-refractivity contribution in [3.05, 3.63) is 35.4 Å². The topological polar surface area (TPSA) is 106 Å². The van der Waals surface area contributed by atoms with Crippen LogP contribution in [0, 0.1) is 0 Å². The molecule has 0 fully saturated rings. The van der Waals surface area contributed by atoms with Gasteiger partial charge in [0.2, 0.25) is 0 Å². The van der Waals surface area contributed by atoms with Crippen molar-refractivity contribution in [2.24, 2.45) is 0 Å². The second-order valence-electron chi connectivity index (χ2n) is 2.19. The molecule has 80 valence electrons. The van der Waals surface area contributed by atoms with Crippen LogP contribution in [0.5, 0.6) is 0 Å². The first-order valence-electron chi connectivity index (χ1n) is 3.18. The van der Waals surface area contributed by atoms with Crippen molar-refractivity contribution in [1.29, 1.82) is 0 Å². The molecule has 0 saturated heterocycles. The second kappa shape index (κ2) is 8.75. The van der Waals surface area contributed by atoms with Gasteiger partial charge in [0.15, 0.2) is 0 Å². The second-order valence-corrected chi connectivity index (χ2v) is 2.19. The zero-order valence-corrected chi connectivity index (χ0v) is 8.02. The van der Waals surface area contributed by atoms with Gasteiger partial charge < -0.3 is 15.7 Å². The molecule has 0 spiro atoms. The fourth-order valence-electron chi connectivity index (χ4n) is 0.785. The normalized spacial score (nSPS) is 7.47. The van der Waals surface area contributed by atoms with Crippen LogP contribution in [0.15, 0.2) is 24.3 Å². The molecule has 4 N–H and O–H groups in total. The molecule has 0 atom stereocenters. The number of carboxylic acid groups (broad SMARTS) is 2. The average Bonchev–Trinajstić information content (AvgIpc) is 2.04. The van der Waals surface area contributed by atoms with Gasteiger partial charge in [0.25, 0.3) is 0 Å². The predicted octanol–water partition coefficient (Wildman–Crippen LogP) is -0.277. The van der Waals surface area contributed by atoms with Crippen LogP contribution in [0.1, 0.15) is 20.7 Å². The summed E-state index contributed by atoms with van der Waals surface area (Å²) in [6, 6.07) is 5.20. The third kappa shape index (κ3) is 5.81. The maximum atomic E-state index is 10.4. The van der Waals surface area contributed by atoms with Crippen LogP contribution in [-0.2, 0) is 0 Å². The molecule has 0 bridgehead atoms. The van der Waals surface area contributed by atoms with Crippen molar-refractivity contribution in [2.75, 3.05) is 0 Å². The molecule has 5 nitrogen and oxygen atoms in total. The molecule has 15 heavy (non-hydrogen) atoms. The molecular weight excluding hydrogens is 231 g/mol. The Labute approximate surface area is 115 Å². The summed E-state index contributed by atoms with van der Waals surface area (Å²) in [5, 5.41) is 17.0. The Bertz CT molecular complexity index is 312. The van der Waals surface area contributed by atoms with E-state index in [1.165, 1.54) is 18.2 Å².